The van der Waals surface area contributed by atoms with Gasteiger partial charge in [-0.05, 0) is 19.9 Å². The maximum atomic E-state index is 5.28. The third-order valence-electron chi connectivity index (χ3n) is 1.71. The van der Waals surface area contributed by atoms with Crippen LogP contribution in [0.1, 0.15) is 18.4 Å². The molecule has 1 rings (SSSR count). The van der Waals surface area contributed by atoms with Crippen molar-refractivity contribution in [2.45, 2.75) is 20.4 Å². The fourth-order valence-electron chi connectivity index (χ4n) is 1.07. The molecule has 0 unspecified atom stereocenters. The molecule has 0 saturated carbocycles. The zero-order valence-electron chi connectivity index (χ0n) is 8.99. The molecule has 0 amide bonds. The van der Waals surface area contributed by atoms with Crippen LogP contribution in [0.2, 0.25) is 0 Å². The maximum absolute atomic E-state index is 5.28. The van der Waals surface area contributed by atoms with E-state index in [9.17, 15) is 0 Å². The molecule has 0 fully saturated rings. The maximum Gasteiger partial charge on any atom is 0.206 e. The van der Waals surface area contributed by atoms with Crippen molar-refractivity contribution in [2.75, 3.05) is 6.54 Å². The summed E-state index contributed by atoms with van der Waals surface area (Å²) in [6.45, 7) is 5.07. The highest BCUT2D eigenvalue weighted by Gasteiger charge is 1.96. The largest absolute Gasteiger partial charge is 0.356 e. The minimum absolute atomic E-state index is 0.482. The number of aliphatic imine (C=N–C) groups is 1. The van der Waals surface area contributed by atoms with Crippen LogP contribution in [0.15, 0.2) is 17.3 Å². The van der Waals surface area contributed by atoms with Gasteiger partial charge in [-0.15, -0.1) is 0 Å². The molecule has 6 heteroatoms. The molecule has 0 atom stereocenters. The molecule has 15 heavy (non-hydrogen) atoms. The Balaban J connectivity index is 2.61. The van der Waals surface area contributed by atoms with Gasteiger partial charge in [0.2, 0.25) is 5.96 Å². The van der Waals surface area contributed by atoms with Gasteiger partial charge in [-0.2, -0.15) is 0 Å². The van der Waals surface area contributed by atoms with Gasteiger partial charge < -0.3 is 5.32 Å². The van der Waals surface area contributed by atoms with Gasteiger partial charge in [0.05, 0.1) is 12.2 Å². The van der Waals surface area contributed by atoms with Gasteiger partial charge in [-0.1, -0.05) is 0 Å². The lowest BCUT2D eigenvalue weighted by Gasteiger charge is -2.06. The first-order valence-electron chi connectivity index (χ1n) is 4.79. The number of hydrogen-bond donors (Lipinski definition) is 3. The van der Waals surface area contributed by atoms with E-state index in [4.69, 9.17) is 5.84 Å². The Hall–Kier alpha value is -1.69. The number of nitrogens with two attached hydrogens (primary N) is 1. The molecule has 1 aromatic heterocycles. The third kappa shape index (κ3) is 3.90. The zero-order valence-corrected chi connectivity index (χ0v) is 8.99. The second kappa shape index (κ2) is 5.92. The van der Waals surface area contributed by atoms with Crippen molar-refractivity contribution < 1.29 is 0 Å². The van der Waals surface area contributed by atoms with E-state index >= 15 is 0 Å². The SMILES string of the molecule is CCNC(=NCc1ccnc(C)n1)NN. The standard InChI is InChI=1S/C9H16N6/c1-3-11-9(15-10)13-6-8-4-5-12-7(2)14-8/h4-5H,3,6,10H2,1-2H3,(H2,11,13,15). The van der Waals surface area contributed by atoms with Gasteiger partial charge in [0.1, 0.15) is 5.82 Å². The smallest absolute Gasteiger partial charge is 0.206 e. The highest BCUT2D eigenvalue weighted by Crippen LogP contribution is 1.96. The third-order valence-corrected chi connectivity index (χ3v) is 1.71. The van der Waals surface area contributed by atoms with Crippen LogP contribution in [-0.4, -0.2) is 22.5 Å². The van der Waals surface area contributed by atoms with Crippen molar-refractivity contribution in [1.82, 2.24) is 20.7 Å². The summed E-state index contributed by atoms with van der Waals surface area (Å²) in [5, 5.41) is 2.99. The zero-order chi connectivity index (χ0) is 11.1. The van der Waals surface area contributed by atoms with E-state index in [2.05, 4.69) is 25.7 Å². The van der Waals surface area contributed by atoms with Crippen LogP contribution in [0.25, 0.3) is 0 Å². The van der Waals surface area contributed by atoms with E-state index in [0.717, 1.165) is 18.1 Å². The molecular weight excluding hydrogens is 192 g/mol. The number of aryl methyl sites for hydroxylation is 1. The Kier molecular flexibility index (Phi) is 4.49. The highest BCUT2D eigenvalue weighted by atomic mass is 15.3. The molecule has 0 aromatic carbocycles. The van der Waals surface area contributed by atoms with E-state index in [1.165, 1.54) is 0 Å². The van der Waals surface area contributed by atoms with E-state index in [0.29, 0.717) is 12.5 Å². The van der Waals surface area contributed by atoms with Crippen LogP contribution in [0.4, 0.5) is 0 Å². The van der Waals surface area contributed by atoms with Crippen LogP contribution >= 0.6 is 0 Å². The molecule has 0 radical (unpaired) electrons. The second-order valence-electron chi connectivity index (χ2n) is 2.93. The Bertz CT molecular complexity index is 335. The molecule has 0 saturated heterocycles. The minimum Gasteiger partial charge on any atom is -0.356 e. The molecule has 0 spiro atoms. The molecule has 82 valence electrons. The van der Waals surface area contributed by atoms with E-state index in [1.807, 2.05) is 19.9 Å². The first kappa shape index (κ1) is 11.4. The van der Waals surface area contributed by atoms with Crippen molar-refractivity contribution in [1.29, 1.82) is 0 Å². The normalized spacial score (nSPS) is 11.3. The number of nitrogens with one attached hydrogen (secondary N) is 2. The van der Waals surface area contributed by atoms with Gasteiger partial charge in [-0.25, -0.2) is 20.8 Å². The van der Waals surface area contributed by atoms with Crippen molar-refractivity contribution in [3.8, 4) is 0 Å². The Morgan fingerprint density at radius 1 is 1.60 bits per heavy atom. The molecule has 1 aromatic rings. The lowest BCUT2D eigenvalue weighted by Crippen LogP contribution is -2.41. The quantitative estimate of drug-likeness (QED) is 0.275. The second-order valence-corrected chi connectivity index (χ2v) is 2.93. The summed E-state index contributed by atoms with van der Waals surface area (Å²) in [6.07, 6.45) is 1.72. The first-order chi connectivity index (χ1) is 7.26. The number of hydrazine groups is 1. The molecule has 0 bridgehead atoms. The Morgan fingerprint density at radius 3 is 3.00 bits per heavy atom. The molecule has 0 aliphatic rings. The van der Waals surface area contributed by atoms with Gasteiger partial charge >= 0.3 is 0 Å². The highest BCUT2D eigenvalue weighted by molar-refractivity contribution is 5.78. The lowest BCUT2D eigenvalue weighted by atomic mass is 10.4. The lowest BCUT2D eigenvalue weighted by molar-refractivity contribution is 0.839. The summed E-state index contributed by atoms with van der Waals surface area (Å²) >= 11 is 0. The predicted octanol–water partition coefficient (Wildman–Crippen LogP) is -0.286. The van der Waals surface area contributed by atoms with Crippen LogP contribution in [0.3, 0.4) is 0 Å². The average molecular weight is 208 g/mol. The van der Waals surface area contributed by atoms with Crippen LogP contribution in [0, 0.1) is 6.92 Å². The number of hydrogen-bond acceptors (Lipinski definition) is 4. The summed E-state index contributed by atoms with van der Waals surface area (Å²) < 4.78 is 0. The summed E-state index contributed by atoms with van der Waals surface area (Å²) in [4.78, 5) is 12.5. The molecule has 0 aliphatic heterocycles. The van der Waals surface area contributed by atoms with E-state index in [-0.39, 0.29) is 0 Å². The van der Waals surface area contributed by atoms with Gasteiger partial charge in [0, 0.05) is 12.7 Å². The predicted molar refractivity (Wildman–Crippen MR) is 58.9 cm³/mol. The molecule has 1 heterocycles. The van der Waals surface area contributed by atoms with Gasteiger partial charge in [-0.3, -0.25) is 5.43 Å². The Morgan fingerprint density at radius 2 is 2.40 bits per heavy atom. The summed E-state index contributed by atoms with van der Waals surface area (Å²) in [7, 11) is 0. The van der Waals surface area contributed by atoms with Crippen LogP contribution < -0.4 is 16.6 Å². The van der Waals surface area contributed by atoms with Crippen molar-refractivity contribution in [2.24, 2.45) is 10.8 Å². The number of aromatic nitrogens is 2. The summed E-state index contributed by atoms with van der Waals surface area (Å²) in [5.41, 5.74) is 3.35. The topological polar surface area (TPSA) is 88.2 Å². The monoisotopic (exact) mass is 208 g/mol. The van der Waals surface area contributed by atoms with Crippen LogP contribution in [-0.2, 0) is 6.54 Å². The molecular formula is C9H16N6. The molecule has 6 nitrogen and oxygen atoms in total. The Labute approximate surface area is 89.0 Å². The number of guanidine groups is 1. The van der Waals surface area contributed by atoms with Gasteiger partial charge in [0.15, 0.2) is 0 Å². The summed E-state index contributed by atoms with van der Waals surface area (Å²) in [6, 6.07) is 1.83. The van der Waals surface area contributed by atoms with E-state index in [1.54, 1.807) is 6.20 Å². The van der Waals surface area contributed by atoms with Crippen molar-refractivity contribution >= 4 is 5.96 Å². The summed E-state index contributed by atoms with van der Waals surface area (Å²) in [5.74, 6) is 6.58. The van der Waals surface area contributed by atoms with Crippen molar-refractivity contribution in [3.05, 3.63) is 23.8 Å². The first-order valence-corrected chi connectivity index (χ1v) is 4.79. The molecule has 0 aliphatic carbocycles. The van der Waals surface area contributed by atoms with Gasteiger partial charge in [0.25, 0.3) is 0 Å². The molecule has 4 N–H and O–H groups in total. The fraction of sp³-hybridized carbons (Fsp3) is 0.444. The number of rotatable bonds is 3. The van der Waals surface area contributed by atoms with E-state index < -0.39 is 0 Å². The van der Waals surface area contributed by atoms with Crippen molar-refractivity contribution in [3.63, 3.8) is 0 Å². The number of nitrogens with zero attached hydrogens (tertiary/aromatic N) is 3. The van der Waals surface area contributed by atoms with Crippen LogP contribution in [0.5, 0.6) is 0 Å². The minimum atomic E-state index is 0.482. The fourth-order valence-corrected chi connectivity index (χ4v) is 1.07. The average Bonchev–Trinajstić information content (AvgIpc) is 2.24.